The average Bonchev–Trinajstić information content (AvgIpc) is 2.87. The van der Waals surface area contributed by atoms with Crippen molar-refractivity contribution < 1.29 is 4.52 Å². The second-order valence-electron chi connectivity index (χ2n) is 5.02. The van der Waals surface area contributed by atoms with Crippen molar-refractivity contribution in [1.82, 2.24) is 15.0 Å². The van der Waals surface area contributed by atoms with Crippen molar-refractivity contribution >= 4 is 0 Å². The lowest BCUT2D eigenvalue weighted by Gasteiger charge is -2.30. The van der Waals surface area contributed by atoms with Gasteiger partial charge in [0.1, 0.15) is 0 Å². The van der Waals surface area contributed by atoms with Gasteiger partial charge in [-0.25, -0.2) is 4.79 Å². The highest BCUT2D eigenvalue weighted by Gasteiger charge is 2.23. The van der Waals surface area contributed by atoms with E-state index < -0.39 is 5.76 Å². The summed E-state index contributed by atoms with van der Waals surface area (Å²) in [6.45, 7) is 3.03. The third-order valence-corrected chi connectivity index (χ3v) is 3.68. The van der Waals surface area contributed by atoms with Gasteiger partial charge in [-0.3, -0.25) is 14.4 Å². The number of benzene rings is 1. The molecule has 1 aliphatic rings. The van der Waals surface area contributed by atoms with Crippen molar-refractivity contribution in [2.24, 2.45) is 0 Å². The quantitative estimate of drug-likeness (QED) is 0.912. The monoisotopic (exact) mass is 259 g/mol. The molecular weight excluding hydrogens is 242 g/mol. The highest BCUT2D eigenvalue weighted by atomic mass is 16.5. The number of H-pyrrole nitrogens is 1. The second kappa shape index (κ2) is 5.40. The van der Waals surface area contributed by atoms with Crippen LogP contribution in [-0.4, -0.2) is 28.1 Å². The minimum Gasteiger partial charge on any atom is -0.299 e. The maximum Gasteiger partial charge on any atom is 0.438 e. The fourth-order valence-electron chi connectivity index (χ4n) is 2.62. The van der Waals surface area contributed by atoms with Crippen molar-refractivity contribution in [2.45, 2.75) is 25.3 Å². The molecule has 2 heterocycles. The molecule has 0 bridgehead atoms. The van der Waals surface area contributed by atoms with Crippen molar-refractivity contribution in [2.75, 3.05) is 13.1 Å². The van der Waals surface area contributed by atoms with Crippen molar-refractivity contribution in [3.63, 3.8) is 0 Å². The molecule has 1 aromatic heterocycles. The third-order valence-electron chi connectivity index (χ3n) is 3.68. The first kappa shape index (κ1) is 12.2. The maximum absolute atomic E-state index is 10.9. The topological polar surface area (TPSA) is 62.1 Å². The largest absolute Gasteiger partial charge is 0.438 e. The molecule has 1 aromatic carbocycles. The lowest BCUT2D eigenvalue weighted by molar-refractivity contribution is 0.200. The second-order valence-corrected chi connectivity index (χ2v) is 5.02. The molecule has 2 aromatic rings. The molecular formula is C14H17N3O2. The van der Waals surface area contributed by atoms with E-state index in [2.05, 4.69) is 43.8 Å². The van der Waals surface area contributed by atoms with Crippen LogP contribution in [0.1, 0.15) is 30.1 Å². The Kier molecular flexibility index (Phi) is 3.46. The van der Waals surface area contributed by atoms with Crippen LogP contribution in [0, 0.1) is 0 Å². The Balaban J connectivity index is 1.56. The summed E-state index contributed by atoms with van der Waals surface area (Å²) in [7, 11) is 0. The van der Waals surface area contributed by atoms with Gasteiger partial charge < -0.3 is 0 Å². The Morgan fingerprint density at radius 1 is 1.26 bits per heavy atom. The van der Waals surface area contributed by atoms with Crippen LogP contribution in [0.4, 0.5) is 0 Å². The maximum atomic E-state index is 10.9. The highest BCUT2D eigenvalue weighted by Crippen LogP contribution is 2.25. The molecule has 0 unspecified atom stereocenters. The number of hydrogen-bond donors (Lipinski definition) is 1. The number of nitrogens with one attached hydrogen (secondary N) is 1. The first-order valence-electron chi connectivity index (χ1n) is 6.63. The molecule has 3 rings (SSSR count). The van der Waals surface area contributed by atoms with E-state index >= 15 is 0 Å². The minimum atomic E-state index is -0.457. The highest BCUT2D eigenvalue weighted by molar-refractivity contribution is 5.14. The zero-order valence-corrected chi connectivity index (χ0v) is 10.7. The summed E-state index contributed by atoms with van der Waals surface area (Å²) in [5.74, 6) is 0.560. The molecule has 19 heavy (non-hydrogen) atoms. The normalized spacial score (nSPS) is 17.7. The fourth-order valence-corrected chi connectivity index (χ4v) is 2.62. The van der Waals surface area contributed by atoms with Gasteiger partial charge in [0.25, 0.3) is 0 Å². The molecule has 0 atom stereocenters. The number of aromatic amines is 1. The van der Waals surface area contributed by atoms with E-state index in [1.165, 1.54) is 5.56 Å². The third kappa shape index (κ3) is 2.93. The predicted molar refractivity (Wildman–Crippen MR) is 70.8 cm³/mol. The van der Waals surface area contributed by atoms with Crippen LogP contribution < -0.4 is 5.76 Å². The van der Waals surface area contributed by atoms with Gasteiger partial charge in [0, 0.05) is 12.5 Å². The van der Waals surface area contributed by atoms with E-state index in [9.17, 15) is 4.79 Å². The number of rotatable bonds is 3. The molecule has 100 valence electrons. The Bertz CT molecular complexity index is 568. The summed E-state index contributed by atoms with van der Waals surface area (Å²) in [5, 5.41) is 3.79. The molecule has 1 fully saturated rings. The zero-order valence-electron chi connectivity index (χ0n) is 10.7. The SMILES string of the molecule is O=c1[nH]c(C2CCN(Cc3ccccc3)CC2)no1. The van der Waals surface area contributed by atoms with Gasteiger partial charge in [0.05, 0.1) is 0 Å². The first-order chi connectivity index (χ1) is 9.31. The van der Waals surface area contributed by atoms with Crippen LogP contribution in [0.5, 0.6) is 0 Å². The fraction of sp³-hybridized carbons (Fsp3) is 0.429. The molecule has 0 amide bonds. The summed E-state index contributed by atoms with van der Waals surface area (Å²) < 4.78 is 4.57. The standard InChI is InChI=1S/C14H17N3O2/c18-14-15-13(16-19-14)12-6-8-17(9-7-12)10-11-4-2-1-3-5-11/h1-5,12H,6-10H2,(H,15,16,18). The molecule has 5 heteroatoms. The van der Waals surface area contributed by atoms with Crippen LogP contribution >= 0.6 is 0 Å². The van der Waals surface area contributed by atoms with E-state index in [1.807, 2.05) is 6.07 Å². The van der Waals surface area contributed by atoms with E-state index in [0.29, 0.717) is 11.7 Å². The van der Waals surface area contributed by atoms with Crippen LogP contribution in [-0.2, 0) is 6.54 Å². The summed E-state index contributed by atoms with van der Waals surface area (Å²) in [6.07, 6.45) is 2.02. The van der Waals surface area contributed by atoms with E-state index in [0.717, 1.165) is 32.5 Å². The molecule has 1 saturated heterocycles. The number of piperidine rings is 1. The Morgan fingerprint density at radius 2 is 2.00 bits per heavy atom. The lowest BCUT2D eigenvalue weighted by atomic mass is 9.96. The Labute approximate surface area is 111 Å². The van der Waals surface area contributed by atoms with Gasteiger partial charge >= 0.3 is 5.76 Å². The number of nitrogens with zero attached hydrogens (tertiary/aromatic N) is 2. The summed E-state index contributed by atoms with van der Waals surface area (Å²) in [5.41, 5.74) is 1.34. The summed E-state index contributed by atoms with van der Waals surface area (Å²) in [4.78, 5) is 16.0. The van der Waals surface area contributed by atoms with Gasteiger partial charge in [-0.15, -0.1) is 0 Å². The summed E-state index contributed by atoms with van der Waals surface area (Å²) >= 11 is 0. The molecule has 0 radical (unpaired) electrons. The minimum absolute atomic E-state index is 0.318. The molecule has 0 saturated carbocycles. The molecule has 0 aliphatic carbocycles. The average molecular weight is 259 g/mol. The number of aromatic nitrogens is 2. The lowest BCUT2D eigenvalue weighted by Crippen LogP contribution is -2.32. The Morgan fingerprint density at radius 3 is 2.63 bits per heavy atom. The van der Waals surface area contributed by atoms with E-state index in [4.69, 9.17) is 0 Å². The van der Waals surface area contributed by atoms with Gasteiger partial charge in [0.15, 0.2) is 5.82 Å². The van der Waals surface area contributed by atoms with Crippen LogP contribution in [0.15, 0.2) is 39.6 Å². The van der Waals surface area contributed by atoms with Gasteiger partial charge in [-0.1, -0.05) is 35.5 Å². The zero-order chi connectivity index (χ0) is 13.1. The van der Waals surface area contributed by atoms with Gasteiger partial charge in [-0.2, -0.15) is 0 Å². The van der Waals surface area contributed by atoms with Gasteiger partial charge in [0.2, 0.25) is 0 Å². The molecule has 5 nitrogen and oxygen atoms in total. The van der Waals surface area contributed by atoms with Crippen LogP contribution in [0.2, 0.25) is 0 Å². The van der Waals surface area contributed by atoms with Crippen molar-refractivity contribution in [3.05, 3.63) is 52.3 Å². The number of hydrogen-bond acceptors (Lipinski definition) is 4. The smallest absolute Gasteiger partial charge is 0.299 e. The van der Waals surface area contributed by atoms with Crippen molar-refractivity contribution in [1.29, 1.82) is 0 Å². The first-order valence-corrected chi connectivity index (χ1v) is 6.63. The molecule has 1 aliphatic heterocycles. The summed E-state index contributed by atoms with van der Waals surface area (Å²) in [6, 6.07) is 10.5. The Hall–Kier alpha value is -1.88. The molecule has 0 spiro atoms. The van der Waals surface area contributed by atoms with Crippen molar-refractivity contribution in [3.8, 4) is 0 Å². The number of likely N-dealkylation sites (tertiary alicyclic amines) is 1. The molecule has 1 N–H and O–H groups in total. The van der Waals surface area contributed by atoms with E-state index in [-0.39, 0.29) is 0 Å². The van der Waals surface area contributed by atoms with E-state index in [1.54, 1.807) is 0 Å². The predicted octanol–water partition coefficient (Wildman–Crippen LogP) is 1.74. The van der Waals surface area contributed by atoms with Gasteiger partial charge in [-0.05, 0) is 31.5 Å². The van der Waals surface area contributed by atoms with Crippen LogP contribution in [0.3, 0.4) is 0 Å². The van der Waals surface area contributed by atoms with Crippen LogP contribution in [0.25, 0.3) is 0 Å².